The molecular weight excluding hydrogens is 328 g/mol. The molecule has 0 saturated heterocycles. The second-order valence-corrected chi connectivity index (χ2v) is 6.22. The van der Waals surface area contributed by atoms with E-state index in [2.05, 4.69) is 20.3 Å². The molecule has 3 aromatic heterocycles. The predicted molar refractivity (Wildman–Crippen MR) is 101 cm³/mol. The van der Waals surface area contributed by atoms with Crippen molar-refractivity contribution in [1.29, 1.82) is 0 Å². The molecule has 1 N–H and O–H groups in total. The molecule has 0 spiro atoms. The standard InChI is InChI=1S/C19H22N6O/c1-24(2)19-22-11-15(12-23-19)14-10-17(25(3)13-14)18(26)21-9-7-16-6-4-5-8-20-16/h4-6,8,10-13H,7,9H2,1-3H3,(H,21,26). The molecule has 0 unspecified atom stereocenters. The highest BCUT2D eigenvalue weighted by molar-refractivity contribution is 5.94. The number of anilines is 1. The topological polar surface area (TPSA) is 75.9 Å². The third-order valence-electron chi connectivity index (χ3n) is 4.00. The van der Waals surface area contributed by atoms with Crippen LogP contribution in [0.15, 0.2) is 49.1 Å². The van der Waals surface area contributed by atoms with E-state index in [1.165, 1.54) is 0 Å². The highest BCUT2D eigenvalue weighted by Crippen LogP contribution is 2.21. The molecule has 0 saturated carbocycles. The Morgan fingerprint density at radius 2 is 1.92 bits per heavy atom. The minimum absolute atomic E-state index is 0.111. The molecule has 134 valence electrons. The van der Waals surface area contributed by atoms with E-state index in [4.69, 9.17) is 0 Å². The minimum atomic E-state index is -0.111. The molecule has 3 aromatic rings. The number of carbonyl (C=O) groups is 1. The molecule has 0 atom stereocenters. The number of hydrogen-bond donors (Lipinski definition) is 1. The van der Waals surface area contributed by atoms with Gasteiger partial charge in [0.1, 0.15) is 5.69 Å². The molecule has 0 fully saturated rings. The van der Waals surface area contributed by atoms with E-state index >= 15 is 0 Å². The van der Waals surface area contributed by atoms with Crippen molar-refractivity contribution in [3.05, 3.63) is 60.4 Å². The predicted octanol–water partition coefficient (Wildman–Crippen LogP) is 1.92. The van der Waals surface area contributed by atoms with Gasteiger partial charge in [-0.05, 0) is 18.2 Å². The van der Waals surface area contributed by atoms with Gasteiger partial charge in [-0.25, -0.2) is 9.97 Å². The maximum atomic E-state index is 12.5. The number of aryl methyl sites for hydroxylation is 1. The zero-order valence-electron chi connectivity index (χ0n) is 15.2. The van der Waals surface area contributed by atoms with Crippen molar-refractivity contribution in [1.82, 2.24) is 24.8 Å². The first kappa shape index (κ1) is 17.6. The van der Waals surface area contributed by atoms with Gasteiger partial charge in [-0.1, -0.05) is 6.07 Å². The van der Waals surface area contributed by atoms with E-state index < -0.39 is 0 Å². The van der Waals surface area contributed by atoms with Crippen molar-refractivity contribution in [2.24, 2.45) is 7.05 Å². The second-order valence-electron chi connectivity index (χ2n) is 6.22. The molecule has 0 aliphatic carbocycles. The van der Waals surface area contributed by atoms with E-state index in [-0.39, 0.29) is 5.91 Å². The fourth-order valence-corrected chi connectivity index (χ4v) is 2.59. The zero-order chi connectivity index (χ0) is 18.5. The van der Waals surface area contributed by atoms with Gasteiger partial charge in [0.25, 0.3) is 5.91 Å². The molecule has 26 heavy (non-hydrogen) atoms. The molecule has 0 aliphatic rings. The van der Waals surface area contributed by atoms with Gasteiger partial charge in [0.05, 0.1) is 0 Å². The zero-order valence-corrected chi connectivity index (χ0v) is 15.2. The lowest BCUT2D eigenvalue weighted by Gasteiger charge is -2.09. The van der Waals surface area contributed by atoms with Gasteiger partial charge in [0, 0.05) is 75.7 Å². The number of nitrogens with one attached hydrogen (secondary N) is 1. The Balaban J connectivity index is 1.66. The monoisotopic (exact) mass is 350 g/mol. The molecule has 0 bridgehead atoms. The first-order valence-electron chi connectivity index (χ1n) is 8.39. The van der Waals surface area contributed by atoms with E-state index in [9.17, 15) is 4.79 Å². The van der Waals surface area contributed by atoms with Crippen LogP contribution in [0.1, 0.15) is 16.2 Å². The fraction of sp³-hybridized carbons (Fsp3) is 0.263. The number of rotatable bonds is 6. The Labute approximate surface area is 152 Å². The highest BCUT2D eigenvalue weighted by Gasteiger charge is 2.13. The SMILES string of the molecule is CN(C)c1ncc(-c2cc(C(=O)NCCc3ccccn3)n(C)c2)cn1. The van der Waals surface area contributed by atoms with Crippen LogP contribution in [0.4, 0.5) is 5.95 Å². The Kier molecular flexibility index (Phi) is 5.26. The maximum absolute atomic E-state index is 12.5. The summed E-state index contributed by atoms with van der Waals surface area (Å²) in [4.78, 5) is 27.2. The molecule has 3 rings (SSSR count). The van der Waals surface area contributed by atoms with Gasteiger partial charge in [0.15, 0.2) is 0 Å². The van der Waals surface area contributed by atoms with Crippen LogP contribution in [-0.4, -0.2) is 46.1 Å². The van der Waals surface area contributed by atoms with Crippen LogP contribution >= 0.6 is 0 Å². The lowest BCUT2D eigenvalue weighted by atomic mass is 10.2. The first-order valence-corrected chi connectivity index (χ1v) is 8.39. The summed E-state index contributed by atoms with van der Waals surface area (Å²) < 4.78 is 1.81. The van der Waals surface area contributed by atoms with Crippen molar-refractivity contribution < 1.29 is 4.79 Å². The van der Waals surface area contributed by atoms with E-state index in [0.29, 0.717) is 24.6 Å². The van der Waals surface area contributed by atoms with Crippen molar-refractivity contribution >= 4 is 11.9 Å². The number of pyridine rings is 1. The second kappa shape index (κ2) is 7.77. The van der Waals surface area contributed by atoms with Crippen molar-refractivity contribution in [2.45, 2.75) is 6.42 Å². The molecule has 3 heterocycles. The summed E-state index contributed by atoms with van der Waals surface area (Å²) in [6, 6.07) is 7.62. The van der Waals surface area contributed by atoms with Gasteiger partial charge < -0.3 is 14.8 Å². The average molecular weight is 350 g/mol. The van der Waals surface area contributed by atoms with Gasteiger partial charge in [-0.2, -0.15) is 0 Å². The quantitative estimate of drug-likeness (QED) is 0.735. The van der Waals surface area contributed by atoms with Crippen LogP contribution in [-0.2, 0) is 13.5 Å². The van der Waals surface area contributed by atoms with Crippen LogP contribution in [0.2, 0.25) is 0 Å². The lowest BCUT2D eigenvalue weighted by molar-refractivity contribution is 0.0946. The summed E-state index contributed by atoms with van der Waals surface area (Å²) in [6.07, 6.45) is 7.89. The lowest BCUT2D eigenvalue weighted by Crippen LogP contribution is -2.27. The van der Waals surface area contributed by atoms with Crippen LogP contribution in [0.3, 0.4) is 0 Å². The molecule has 0 aliphatic heterocycles. The smallest absolute Gasteiger partial charge is 0.267 e. The summed E-state index contributed by atoms with van der Waals surface area (Å²) in [6.45, 7) is 0.539. The summed E-state index contributed by atoms with van der Waals surface area (Å²) in [5.41, 5.74) is 3.34. The van der Waals surface area contributed by atoms with Crippen molar-refractivity contribution in [2.75, 3.05) is 25.5 Å². The van der Waals surface area contributed by atoms with E-state index in [0.717, 1.165) is 16.8 Å². The number of aromatic nitrogens is 4. The van der Waals surface area contributed by atoms with E-state index in [1.807, 2.05) is 61.1 Å². The number of hydrogen-bond acceptors (Lipinski definition) is 5. The Bertz CT molecular complexity index is 871. The highest BCUT2D eigenvalue weighted by atomic mass is 16.1. The number of amides is 1. The van der Waals surface area contributed by atoms with Crippen molar-refractivity contribution in [3.8, 4) is 11.1 Å². The van der Waals surface area contributed by atoms with Crippen molar-refractivity contribution in [3.63, 3.8) is 0 Å². The summed E-state index contributed by atoms with van der Waals surface area (Å²) >= 11 is 0. The van der Waals surface area contributed by atoms with E-state index in [1.54, 1.807) is 18.6 Å². The van der Waals surface area contributed by atoms with Crippen LogP contribution in [0, 0.1) is 0 Å². The summed E-state index contributed by atoms with van der Waals surface area (Å²) in [5.74, 6) is 0.540. The number of nitrogens with zero attached hydrogens (tertiary/aromatic N) is 5. The van der Waals surface area contributed by atoms with Gasteiger partial charge in [0.2, 0.25) is 5.95 Å². The molecule has 0 radical (unpaired) electrons. The third kappa shape index (κ3) is 4.05. The average Bonchev–Trinajstić information content (AvgIpc) is 3.04. The van der Waals surface area contributed by atoms with Gasteiger partial charge in [-0.15, -0.1) is 0 Å². The van der Waals surface area contributed by atoms with Crippen LogP contribution in [0.5, 0.6) is 0 Å². The summed E-state index contributed by atoms with van der Waals surface area (Å²) in [7, 11) is 5.64. The Hall–Kier alpha value is -3.22. The molecular formula is C19H22N6O. The molecule has 1 amide bonds. The number of carbonyl (C=O) groups excluding carboxylic acids is 1. The Morgan fingerprint density at radius 1 is 1.15 bits per heavy atom. The van der Waals surface area contributed by atoms with Crippen LogP contribution in [0.25, 0.3) is 11.1 Å². The summed E-state index contributed by atoms with van der Waals surface area (Å²) in [5, 5.41) is 2.94. The fourth-order valence-electron chi connectivity index (χ4n) is 2.59. The van der Waals surface area contributed by atoms with Gasteiger partial charge >= 0.3 is 0 Å². The van der Waals surface area contributed by atoms with Crippen LogP contribution < -0.4 is 10.2 Å². The first-order chi connectivity index (χ1) is 12.5. The normalized spacial score (nSPS) is 10.6. The Morgan fingerprint density at radius 3 is 2.58 bits per heavy atom. The maximum Gasteiger partial charge on any atom is 0.267 e. The minimum Gasteiger partial charge on any atom is -0.350 e. The molecule has 7 heteroatoms. The molecule has 7 nitrogen and oxygen atoms in total. The largest absolute Gasteiger partial charge is 0.350 e. The third-order valence-corrected chi connectivity index (χ3v) is 4.00. The molecule has 0 aromatic carbocycles. The van der Waals surface area contributed by atoms with Gasteiger partial charge in [-0.3, -0.25) is 9.78 Å².